The summed E-state index contributed by atoms with van der Waals surface area (Å²) in [4.78, 5) is 14.7. The molecule has 1 atom stereocenters. The van der Waals surface area contributed by atoms with E-state index >= 15 is 0 Å². The Hall–Kier alpha value is -0.850. The van der Waals surface area contributed by atoms with Crippen LogP contribution in [0.25, 0.3) is 0 Å². The highest BCUT2D eigenvalue weighted by Crippen LogP contribution is 2.36. The first-order valence-electron chi connectivity index (χ1n) is 6.99. The fourth-order valence-electron chi connectivity index (χ4n) is 2.58. The Bertz CT molecular complexity index is 338. The van der Waals surface area contributed by atoms with Crippen LogP contribution in [0.1, 0.15) is 27.2 Å². The maximum absolute atomic E-state index is 11.8. The third-order valence-corrected chi connectivity index (χ3v) is 4.34. The van der Waals surface area contributed by atoms with Crippen LogP contribution in [-0.2, 0) is 9.47 Å². The van der Waals surface area contributed by atoms with E-state index in [9.17, 15) is 9.90 Å². The summed E-state index contributed by atoms with van der Waals surface area (Å²) in [5, 5.41) is 10.4. The van der Waals surface area contributed by atoms with E-state index < -0.39 is 17.4 Å². The van der Waals surface area contributed by atoms with Gasteiger partial charge in [-0.1, -0.05) is 0 Å². The number of aliphatic hydroxyl groups is 1. The first kappa shape index (κ1) is 14.6. The van der Waals surface area contributed by atoms with E-state index in [1.165, 1.54) is 9.80 Å². The fraction of sp³-hybridized carbons (Fsp3) is 0.923. The molecule has 110 valence electrons. The highest BCUT2D eigenvalue weighted by atomic mass is 16.6. The number of ether oxygens (including phenoxy) is 2. The number of carbonyl (C=O) groups excluding carboxylic acids is 1. The molecule has 0 saturated carbocycles. The molecule has 19 heavy (non-hydrogen) atoms. The highest BCUT2D eigenvalue weighted by molar-refractivity contribution is 5.72. The Labute approximate surface area is 114 Å². The van der Waals surface area contributed by atoms with Gasteiger partial charge in [-0.2, -0.15) is 0 Å². The summed E-state index contributed by atoms with van der Waals surface area (Å²) in [6.07, 6.45) is 0.434. The fourth-order valence-corrected chi connectivity index (χ4v) is 2.58. The molecule has 2 fully saturated rings. The largest absolute Gasteiger partial charge is 0.438 e. The molecule has 2 aliphatic heterocycles. The van der Waals surface area contributed by atoms with Gasteiger partial charge in [0.05, 0.1) is 19.8 Å². The average molecular weight is 273 g/mol. The lowest BCUT2D eigenvalue weighted by Crippen LogP contribution is -3.14. The smallest absolute Gasteiger partial charge is 0.412 e. The second kappa shape index (κ2) is 5.26. The number of amides is 1. The predicted molar refractivity (Wildman–Crippen MR) is 68.9 cm³/mol. The van der Waals surface area contributed by atoms with Crippen LogP contribution < -0.4 is 4.90 Å². The first-order valence-corrected chi connectivity index (χ1v) is 6.99. The normalized spacial score (nSPS) is 31.6. The summed E-state index contributed by atoms with van der Waals surface area (Å²) >= 11 is 0. The molecule has 0 aromatic carbocycles. The first-order chi connectivity index (χ1) is 8.84. The summed E-state index contributed by atoms with van der Waals surface area (Å²) in [6, 6.07) is 0. The van der Waals surface area contributed by atoms with Gasteiger partial charge >= 0.3 is 6.09 Å². The zero-order valence-electron chi connectivity index (χ0n) is 12.1. The molecule has 2 heterocycles. The Morgan fingerprint density at radius 2 is 1.95 bits per heavy atom. The highest BCUT2D eigenvalue weighted by Gasteiger charge is 2.56. The average Bonchev–Trinajstić information content (AvgIpc) is 2.48. The zero-order valence-corrected chi connectivity index (χ0v) is 12.1. The van der Waals surface area contributed by atoms with Crippen LogP contribution in [0.5, 0.6) is 0 Å². The Morgan fingerprint density at radius 1 is 1.32 bits per heavy atom. The number of hydrogen-bond acceptors (Lipinski definition) is 4. The Balaban J connectivity index is 1.83. The number of cyclic esters (lactones) is 1. The lowest BCUT2D eigenvalue weighted by molar-refractivity contribution is -0.908. The van der Waals surface area contributed by atoms with Gasteiger partial charge in [-0.05, 0) is 20.8 Å². The summed E-state index contributed by atoms with van der Waals surface area (Å²) < 4.78 is 10.5. The minimum absolute atomic E-state index is 0.424. The molecule has 0 aliphatic carbocycles. The van der Waals surface area contributed by atoms with Crippen LogP contribution >= 0.6 is 0 Å². The Kier molecular flexibility index (Phi) is 4.03. The molecule has 6 heteroatoms. The number of rotatable bonds is 4. The van der Waals surface area contributed by atoms with Crippen molar-refractivity contribution in [2.24, 2.45) is 0 Å². The Morgan fingerprint density at radius 3 is 2.47 bits per heavy atom. The molecule has 2 saturated heterocycles. The molecule has 0 spiro atoms. The van der Waals surface area contributed by atoms with Gasteiger partial charge in [-0.25, -0.2) is 4.79 Å². The number of morpholine rings is 1. The standard InChI is InChI=1S/C13H24N2O4/c1-12(2)13(3,17)15(11(16)19-12)6-4-5-14-7-9-18-10-8-14/h17H,4-10H2,1-3H3/p+1/t13-/m0/s1. The van der Waals surface area contributed by atoms with Gasteiger partial charge in [0.25, 0.3) is 0 Å². The van der Waals surface area contributed by atoms with Crippen LogP contribution in [0.2, 0.25) is 0 Å². The van der Waals surface area contributed by atoms with Crippen molar-refractivity contribution in [2.75, 3.05) is 39.4 Å². The number of quaternary nitrogens is 1. The quantitative estimate of drug-likeness (QED) is 0.706. The maximum atomic E-state index is 11.8. The van der Waals surface area contributed by atoms with Gasteiger partial charge in [0.1, 0.15) is 13.1 Å². The molecular formula is C13H25N2O4+. The van der Waals surface area contributed by atoms with E-state index in [0.29, 0.717) is 6.54 Å². The van der Waals surface area contributed by atoms with E-state index in [-0.39, 0.29) is 0 Å². The number of hydrogen-bond donors (Lipinski definition) is 2. The molecule has 6 nitrogen and oxygen atoms in total. The predicted octanol–water partition coefficient (Wildman–Crippen LogP) is -0.769. The van der Waals surface area contributed by atoms with Crippen molar-refractivity contribution in [2.45, 2.75) is 38.5 Å². The topological polar surface area (TPSA) is 63.4 Å². The van der Waals surface area contributed by atoms with Gasteiger partial charge in [-0.15, -0.1) is 0 Å². The number of nitrogens with one attached hydrogen (secondary N) is 1. The summed E-state index contributed by atoms with van der Waals surface area (Å²) in [5.41, 5.74) is -2.11. The number of carbonyl (C=O) groups is 1. The van der Waals surface area contributed by atoms with Crippen molar-refractivity contribution in [3.8, 4) is 0 Å². The monoisotopic (exact) mass is 273 g/mol. The minimum Gasteiger partial charge on any atom is -0.438 e. The second-order valence-electron chi connectivity index (χ2n) is 6.02. The molecule has 0 aromatic heterocycles. The van der Waals surface area contributed by atoms with Gasteiger partial charge in [0, 0.05) is 13.0 Å². The second-order valence-corrected chi connectivity index (χ2v) is 6.02. The van der Waals surface area contributed by atoms with Gasteiger partial charge < -0.3 is 19.5 Å². The van der Waals surface area contributed by atoms with Gasteiger partial charge in [-0.3, -0.25) is 4.90 Å². The van der Waals surface area contributed by atoms with E-state index in [4.69, 9.17) is 9.47 Å². The molecule has 0 bridgehead atoms. The number of nitrogens with zero attached hydrogens (tertiary/aromatic N) is 1. The van der Waals surface area contributed by atoms with Crippen molar-refractivity contribution in [1.29, 1.82) is 0 Å². The van der Waals surface area contributed by atoms with Crippen LogP contribution in [-0.4, -0.2) is 66.8 Å². The van der Waals surface area contributed by atoms with Crippen LogP contribution in [0.4, 0.5) is 4.79 Å². The molecule has 0 radical (unpaired) electrons. The van der Waals surface area contributed by atoms with Gasteiger partial charge in [0.2, 0.25) is 0 Å². The SMILES string of the molecule is CC1(C)OC(=O)N(CCC[NH+]2CCOCC2)[C@@]1(C)O. The van der Waals surface area contributed by atoms with Crippen molar-refractivity contribution in [3.05, 3.63) is 0 Å². The zero-order chi connectivity index (χ0) is 14.1. The van der Waals surface area contributed by atoms with Crippen molar-refractivity contribution in [1.82, 2.24) is 4.90 Å². The third-order valence-electron chi connectivity index (χ3n) is 4.34. The van der Waals surface area contributed by atoms with E-state index in [1.54, 1.807) is 20.8 Å². The molecule has 1 amide bonds. The third kappa shape index (κ3) is 2.85. The van der Waals surface area contributed by atoms with E-state index in [1.807, 2.05) is 0 Å². The maximum Gasteiger partial charge on any atom is 0.412 e. The summed E-state index contributed by atoms with van der Waals surface area (Å²) in [5.74, 6) is 0. The molecular weight excluding hydrogens is 248 g/mol. The summed E-state index contributed by atoms with van der Waals surface area (Å²) in [7, 11) is 0. The van der Waals surface area contributed by atoms with Crippen LogP contribution in [0.3, 0.4) is 0 Å². The lowest BCUT2D eigenvalue weighted by Gasteiger charge is -2.35. The van der Waals surface area contributed by atoms with Crippen LogP contribution in [0.15, 0.2) is 0 Å². The van der Waals surface area contributed by atoms with E-state index in [2.05, 4.69) is 0 Å². The summed E-state index contributed by atoms with van der Waals surface area (Å²) in [6.45, 7) is 10.3. The van der Waals surface area contributed by atoms with Gasteiger partial charge in [0.15, 0.2) is 11.3 Å². The minimum atomic E-state index is -1.25. The van der Waals surface area contributed by atoms with Crippen LogP contribution in [0, 0.1) is 0 Å². The van der Waals surface area contributed by atoms with E-state index in [0.717, 1.165) is 39.3 Å². The van der Waals surface area contributed by atoms with Crippen molar-refractivity contribution < 1.29 is 24.3 Å². The molecule has 0 unspecified atom stereocenters. The molecule has 2 rings (SSSR count). The molecule has 2 aliphatic rings. The lowest BCUT2D eigenvalue weighted by atomic mass is 9.96. The molecule has 2 N–H and O–H groups in total. The molecule has 0 aromatic rings. The van der Waals surface area contributed by atoms with Crippen molar-refractivity contribution >= 4 is 6.09 Å². The van der Waals surface area contributed by atoms with Crippen molar-refractivity contribution in [3.63, 3.8) is 0 Å².